The van der Waals surface area contributed by atoms with Gasteiger partial charge in [0.05, 0.1) is 19.3 Å². The third kappa shape index (κ3) is 1.56. The molecule has 2 heterocycles. The Labute approximate surface area is 126 Å². The first kappa shape index (κ1) is 13.6. The summed E-state index contributed by atoms with van der Waals surface area (Å²) in [7, 11) is 0. The highest BCUT2D eigenvalue weighted by Crippen LogP contribution is 2.63. The summed E-state index contributed by atoms with van der Waals surface area (Å²) in [4.78, 5) is 0. The van der Waals surface area contributed by atoms with E-state index in [1.807, 2.05) is 6.07 Å². The van der Waals surface area contributed by atoms with Crippen LogP contribution in [0, 0.1) is 23.2 Å². The Hall–Kier alpha value is -1.06. The molecule has 1 aromatic rings. The number of hydrogen-bond acceptors (Lipinski definition) is 3. The average molecular weight is 288 g/mol. The van der Waals surface area contributed by atoms with Gasteiger partial charge in [-0.25, -0.2) is 0 Å². The van der Waals surface area contributed by atoms with Crippen molar-refractivity contribution in [2.24, 2.45) is 23.2 Å². The van der Waals surface area contributed by atoms with Gasteiger partial charge in [-0.15, -0.1) is 0 Å². The Kier molecular flexibility index (Phi) is 2.74. The number of aliphatic hydroxyl groups is 1. The number of fused-ring (bicyclic) bond motifs is 3. The molecule has 2 aliphatic heterocycles. The first-order chi connectivity index (χ1) is 10.0. The Morgan fingerprint density at radius 1 is 1.29 bits per heavy atom. The van der Waals surface area contributed by atoms with Crippen molar-refractivity contribution < 1.29 is 14.6 Å². The van der Waals surface area contributed by atoms with E-state index in [-0.39, 0.29) is 23.7 Å². The van der Waals surface area contributed by atoms with Crippen molar-refractivity contribution in [2.45, 2.75) is 38.9 Å². The van der Waals surface area contributed by atoms with Crippen LogP contribution in [-0.4, -0.2) is 23.9 Å². The standard InChI is InChI=1S/C18H24O3/c1-11-8-17(3)15-12(2)18(11,9-19)10-20-16(15)13-6-4-5-7-14(13)21-17/h4-7,11-12,15-16,19H,8-10H2,1-3H3/t11-,12-,15+,16+,17+,18-/m1/s1. The molecule has 6 atom stereocenters. The van der Waals surface area contributed by atoms with Crippen LogP contribution in [0.2, 0.25) is 0 Å². The third-order valence-corrected chi connectivity index (χ3v) is 6.56. The summed E-state index contributed by atoms with van der Waals surface area (Å²) in [5.74, 6) is 2.07. The fourth-order valence-corrected chi connectivity index (χ4v) is 5.29. The normalized spacial score (nSPS) is 47.4. The molecule has 1 N–H and O–H groups in total. The summed E-state index contributed by atoms with van der Waals surface area (Å²) >= 11 is 0. The van der Waals surface area contributed by atoms with Crippen molar-refractivity contribution in [3.8, 4) is 5.75 Å². The van der Waals surface area contributed by atoms with E-state index in [0.29, 0.717) is 24.4 Å². The van der Waals surface area contributed by atoms with Crippen LogP contribution in [0.5, 0.6) is 5.75 Å². The van der Waals surface area contributed by atoms with Gasteiger partial charge in [0, 0.05) is 16.9 Å². The molecule has 114 valence electrons. The second-order valence-corrected chi connectivity index (χ2v) is 7.50. The van der Waals surface area contributed by atoms with Crippen molar-refractivity contribution in [2.75, 3.05) is 13.2 Å². The largest absolute Gasteiger partial charge is 0.487 e. The van der Waals surface area contributed by atoms with Gasteiger partial charge in [0.25, 0.3) is 0 Å². The number of benzene rings is 1. The molecule has 0 unspecified atom stereocenters. The fraction of sp³-hybridized carbons (Fsp3) is 0.667. The average Bonchev–Trinajstić information content (AvgIpc) is 2.46. The minimum Gasteiger partial charge on any atom is -0.487 e. The van der Waals surface area contributed by atoms with Crippen molar-refractivity contribution in [3.63, 3.8) is 0 Å². The molecule has 1 saturated heterocycles. The molecule has 2 bridgehead atoms. The first-order valence-corrected chi connectivity index (χ1v) is 8.02. The molecule has 0 radical (unpaired) electrons. The third-order valence-electron chi connectivity index (χ3n) is 6.56. The zero-order valence-corrected chi connectivity index (χ0v) is 13.0. The maximum absolute atomic E-state index is 10.1. The first-order valence-electron chi connectivity index (χ1n) is 8.02. The number of hydrogen-bond donors (Lipinski definition) is 1. The Bertz CT molecular complexity index is 571. The van der Waals surface area contributed by atoms with E-state index in [1.165, 1.54) is 5.56 Å². The Morgan fingerprint density at radius 2 is 2.05 bits per heavy atom. The van der Waals surface area contributed by atoms with Crippen molar-refractivity contribution >= 4 is 0 Å². The van der Waals surface area contributed by atoms with Crippen LogP contribution in [0.3, 0.4) is 0 Å². The second kappa shape index (κ2) is 4.23. The number of rotatable bonds is 1. The molecule has 2 fully saturated rings. The van der Waals surface area contributed by atoms with Crippen LogP contribution in [-0.2, 0) is 4.74 Å². The highest BCUT2D eigenvalue weighted by atomic mass is 16.5. The number of para-hydroxylation sites is 1. The number of ether oxygens (including phenoxy) is 2. The lowest BCUT2D eigenvalue weighted by Crippen LogP contribution is -2.65. The SMILES string of the molecule is C[C@@H]1C[C@]2(C)Oc3ccccc3[C@@H]3OC[C@@]1(CO)[C@H](C)[C@@H]32. The van der Waals surface area contributed by atoms with E-state index in [1.54, 1.807) is 0 Å². The predicted octanol–water partition coefficient (Wildman–Crippen LogP) is 3.18. The van der Waals surface area contributed by atoms with E-state index >= 15 is 0 Å². The summed E-state index contributed by atoms with van der Waals surface area (Å²) in [5.41, 5.74) is 0.862. The van der Waals surface area contributed by atoms with E-state index in [9.17, 15) is 5.11 Å². The van der Waals surface area contributed by atoms with Crippen LogP contribution in [0.25, 0.3) is 0 Å². The van der Waals surface area contributed by atoms with Crippen LogP contribution >= 0.6 is 0 Å². The summed E-state index contributed by atoms with van der Waals surface area (Å²) in [5, 5.41) is 10.1. The maximum Gasteiger partial charge on any atom is 0.125 e. The molecule has 0 amide bonds. The van der Waals surface area contributed by atoms with Crippen LogP contribution in [0.15, 0.2) is 24.3 Å². The Morgan fingerprint density at radius 3 is 2.81 bits per heavy atom. The molecule has 3 heteroatoms. The van der Waals surface area contributed by atoms with Crippen LogP contribution in [0.1, 0.15) is 38.9 Å². The minimum atomic E-state index is -0.197. The molecule has 21 heavy (non-hydrogen) atoms. The molecule has 1 aliphatic carbocycles. The highest BCUT2D eigenvalue weighted by molar-refractivity contribution is 5.40. The zero-order chi connectivity index (χ0) is 14.8. The predicted molar refractivity (Wildman–Crippen MR) is 80.1 cm³/mol. The monoisotopic (exact) mass is 288 g/mol. The van der Waals surface area contributed by atoms with Crippen molar-refractivity contribution in [3.05, 3.63) is 29.8 Å². The van der Waals surface area contributed by atoms with Crippen molar-refractivity contribution in [1.29, 1.82) is 0 Å². The maximum atomic E-state index is 10.1. The van der Waals surface area contributed by atoms with E-state index in [2.05, 4.69) is 39.0 Å². The molecule has 0 spiro atoms. The van der Waals surface area contributed by atoms with Gasteiger partial charge in [0.15, 0.2) is 0 Å². The van der Waals surface area contributed by atoms with Gasteiger partial charge in [-0.3, -0.25) is 0 Å². The quantitative estimate of drug-likeness (QED) is 0.862. The molecular formula is C18H24O3. The summed E-state index contributed by atoms with van der Waals surface area (Å²) < 4.78 is 12.7. The fourth-order valence-electron chi connectivity index (χ4n) is 5.29. The molecule has 1 saturated carbocycles. The summed E-state index contributed by atoms with van der Waals surface area (Å²) in [6.45, 7) is 7.60. The molecule has 3 aliphatic rings. The van der Waals surface area contributed by atoms with Gasteiger partial charge >= 0.3 is 0 Å². The molecule has 1 aromatic carbocycles. The lowest BCUT2D eigenvalue weighted by molar-refractivity contribution is -0.260. The molecule has 0 aromatic heterocycles. The second-order valence-electron chi connectivity index (χ2n) is 7.50. The van der Waals surface area contributed by atoms with Gasteiger partial charge in [-0.2, -0.15) is 0 Å². The van der Waals surface area contributed by atoms with Crippen molar-refractivity contribution in [1.82, 2.24) is 0 Å². The number of aliphatic hydroxyl groups excluding tert-OH is 1. The van der Waals surface area contributed by atoms with Gasteiger partial charge in [0.1, 0.15) is 11.4 Å². The van der Waals surface area contributed by atoms with Gasteiger partial charge in [-0.1, -0.05) is 32.0 Å². The van der Waals surface area contributed by atoms with Gasteiger partial charge in [-0.05, 0) is 31.2 Å². The van der Waals surface area contributed by atoms with Gasteiger partial charge in [0.2, 0.25) is 0 Å². The molecular weight excluding hydrogens is 264 g/mol. The zero-order valence-electron chi connectivity index (χ0n) is 13.0. The molecule has 3 nitrogen and oxygen atoms in total. The highest BCUT2D eigenvalue weighted by Gasteiger charge is 2.64. The lowest BCUT2D eigenvalue weighted by Gasteiger charge is -2.63. The molecule has 4 rings (SSSR count). The van der Waals surface area contributed by atoms with E-state index in [0.717, 1.165) is 12.2 Å². The lowest BCUT2D eigenvalue weighted by atomic mass is 9.50. The van der Waals surface area contributed by atoms with E-state index < -0.39 is 0 Å². The van der Waals surface area contributed by atoms with Crippen LogP contribution in [0.4, 0.5) is 0 Å². The topological polar surface area (TPSA) is 38.7 Å². The van der Waals surface area contributed by atoms with Gasteiger partial charge < -0.3 is 14.6 Å². The van der Waals surface area contributed by atoms with Crippen LogP contribution < -0.4 is 4.74 Å². The minimum absolute atomic E-state index is 0.0992. The Balaban J connectivity index is 1.87. The summed E-state index contributed by atoms with van der Waals surface area (Å²) in [6, 6.07) is 8.26. The smallest absolute Gasteiger partial charge is 0.125 e. The summed E-state index contributed by atoms with van der Waals surface area (Å²) in [6.07, 6.45) is 1.08. The van der Waals surface area contributed by atoms with E-state index in [4.69, 9.17) is 9.47 Å².